The van der Waals surface area contributed by atoms with Gasteiger partial charge in [0.05, 0.1) is 6.10 Å². The number of hydrogen-bond acceptors (Lipinski definition) is 6. The average Bonchev–Trinajstić information content (AvgIpc) is 3.12. The summed E-state index contributed by atoms with van der Waals surface area (Å²) in [6, 6.07) is 11.4. The topological polar surface area (TPSA) is 97.8 Å². The zero-order chi connectivity index (χ0) is 22.6. The van der Waals surface area contributed by atoms with Crippen molar-refractivity contribution in [3.8, 4) is 17.2 Å². The molecule has 0 aliphatic carbocycles. The number of hydrogen-bond donors (Lipinski definition) is 2. The Kier molecular flexibility index (Phi) is 8.87. The summed E-state index contributed by atoms with van der Waals surface area (Å²) in [5.74, 6) is 1.06. The van der Waals surface area contributed by atoms with Gasteiger partial charge < -0.3 is 14.4 Å². The fourth-order valence-electron chi connectivity index (χ4n) is 2.75. The third-order valence-electron chi connectivity index (χ3n) is 4.26. The highest BCUT2D eigenvalue weighted by Gasteiger charge is 2.18. The van der Waals surface area contributed by atoms with Gasteiger partial charge in [-0.1, -0.05) is 6.92 Å². The summed E-state index contributed by atoms with van der Waals surface area (Å²) in [7, 11) is -3.34. The Morgan fingerprint density at radius 2 is 1.81 bits per heavy atom. The monoisotopic (exact) mass is 496 g/mol. The minimum Gasteiger partial charge on any atom is -0.491 e. The third-order valence-corrected chi connectivity index (χ3v) is 7.05. The molecule has 0 saturated heterocycles. The van der Waals surface area contributed by atoms with Gasteiger partial charge in [0.15, 0.2) is 5.13 Å². The van der Waals surface area contributed by atoms with Gasteiger partial charge in [0.2, 0.25) is 7.37 Å². The molecule has 1 heterocycles. The molecule has 0 saturated carbocycles. The maximum Gasteiger partial charge on any atom is 0.257 e. The van der Waals surface area contributed by atoms with Gasteiger partial charge in [-0.3, -0.25) is 14.7 Å². The molecule has 1 aromatic heterocycles. The molecule has 1 atom stereocenters. The molecule has 32 heavy (non-hydrogen) atoms. The lowest BCUT2D eigenvalue weighted by atomic mass is 10.2. The van der Waals surface area contributed by atoms with Crippen LogP contribution in [0.25, 0.3) is 0 Å². The summed E-state index contributed by atoms with van der Waals surface area (Å²) in [5.41, 5.74) is 0.364. The van der Waals surface area contributed by atoms with Gasteiger partial charge in [-0.2, -0.15) is 0 Å². The van der Waals surface area contributed by atoms with E-state index in [0.29, 0.717) is 33.2 Å². The highest BCUT2D eigenvalue weighted by Crippen LogP contribution is 2.39. The van der Waals surface area contributed by atoms with E-state index in [1.165, 1.54) is 11.3 Å². The molecule has 172 valence electrons. The number of aromatic nitrogens is 1. The van der Waals surface area contributed by atoms with Crippen LogP contribution >= 0.6 is 31.1 Å². The van der Waals surface area contributed by atoms with Gasteiger partial charge in [0.25, 0.3) is 5.91 Å². The van der Waals surface area contributed by atoms with Gasteiger partial charge in [0, 0.05) is 34.2 Å². The first-order valence-corrected chi connectivity index (χ1v) is 12.5. The highest BCUT2D eigenvalue weighted by atomic mass is 35.5. The van der Waals surface area contributed by atoms with E-state index in [-0.39, 0.29) is 30.6 Å². The van der Waals surface area contributed by atoms with Crippen molar-refractivity contribution < 1.29 is 23.7 Å². The van der Waals surface area contributed by atoms with Crippen molar-refractivity contribution in [1.82, 2.24) is 4.98 Å². The Hall–Kier alpha value is -2.38. The number of nitrogens with zero attached hydrogens (tertiary/aromatic N) is 1. The predicted molar refractivity (Wildman–Crippen MR) is 131 cm³/mol. The number of amides is 1. The Morgan fingerprint density at radius 1 is 1.16 bits per heavy atom. The van der Waals surface area contributed by atoms with E-state index in [9.17, 15) is 14.3 Å². The molecule has 0 fully saturated rings. The van der Waals surface area contributed by atoms with Crippen molar-refractivity contribution in [2.45, 2.75) is 33.8 Å². The van der Waals surface area contributed by atoms with Gasteiger partial charge in [0.1, 0.15) is 17.2 Å². The van der Waals surface area contributed by atoms with Crippen LogP contribution in [0.3, 0.4) is 0 Å². The smallest absolute Gasteiger partial charge is 0.257 e. The van der Waals surface area contributed by atoms with Crippen LogP contribution in [-0.2, 0) is 4.57 Å². The van der Waals surface area contributed by atoms with Crippen molar-refractivity contribution in [3.05, 3.63) is 59.1 Å². The van der Waals surface area contributed by atoms with Crippen LogP contribution < -0.4 is 20.1 Å². The van der Waals surface area contributed by atoms with E-state index in [0.717, 1.165) is 4.88 Å². The summed E-state index contributed by atoms with van der Waals surface area (Å²) < 4.78 is 23.8. The normalized spacial score (nSPS) is 12.6. The second-order valence-corrected chi connectivity index (χ2v) is 11.0. The number of carbonyl (C=O) groups is 1. The van der Waals surface area contributed by atoms with E-state index in [4.69, 9.17) is 9.47 Å². The largest absolute Gasteiger partial charge is 0.491 e. The molecule has 10 heteroatoms. The fraction of sp³-hybridized carbons (Fsp3) is 0.273. The average molecular weight is 497 g/mol. The quantitative estimate of drug-likeness (QED) is 0.393. The molecule has 3 rings (SSSR count). The molecule has 1 amide bonds. The summed E-state index contributed by atoms with van der Waals surface area (Å²) in [6.07, 6.45) is 1.78. The summed E-state index contributed by atoms with van der Waals surface area (Å²) in [4.78, 5) is 27.9. The molecule has 0 aliphatic rings. The number of ether oxygens (including phenoxy) is 2. The first-order valence-electron chi connectivity index (χ1n) is 9.82. The first kappa shape index (κ1) is 25.9. The number of aryl methyl sites for hydroxylation is 1. The minimum absolute atomic E-state index is 0. The van der Waals surface area contributed by atoms with Crippen LogP contribution in [0, 0.1) is 6.92 Å². The Bertz CT molecular complexity index is 1120. The van der Waals surface area contributed by atoms with Crippen LogP contribution in [0.1, 0.15) is 36.0 Å². The number of rotatable bonds is 8. The Morgan fingerprint density at radius 3 is 2.38 bits per heavy atom. The zero-order valence-corrected chi connectivity index (χ0v) is 20.7. The standard InChI is InChI=1S/C22H25N2O5PS.ClH/c1-5-30(26,27)20-8-6-17(7-9-20)29-19-11-16(10-18(12-19)28-14(2)3)21(25)24-22-23-13-15(4)31-22;/h6-14H,5H2,1-4H3,(H,26,27)(H,23,24,25);1H. The van der Waals surface area contributed by atoms with Crippen molar-refractivity contribution >= 4 is 47.5 Å². The van der Waals surface area contributed by atoms with Crippen molar-refractivity contribution in [2.24, 2.45) is 0 Å². The Labute approximate surface area is 197 Å². The van der Waals surface area contributed by atoms with Crippen LogP contribution in [0.5, 0.6) is 17.2 Å². The molecule has 2 aromatic carbocycles. The number of anilines is 1. The molecule has 1 unspecified atom stereocenters. The minimum atomic E-state index is -3.34. The van der Waals surface area contributed by atoms with E-state index < -0.39 is 7.37 Å². The molecule has 2 N–H and O–H groups in total. The maximum atomic E-state index is 12.7. The number of carbonyl (C=O) groups excluding carboxylic acids is 1. The molecule has 0 radical (unpaired) electrons. The lowest BCUT2D eigenvalue weighted by Crippen LogP contribution is -2.13. The summed E-state index contributed by atoms with van der Waals surface area (Å²) in [5, 5.41) is 3.67. The lowest BCUT2D eigenvalue weighted by molar-refractivity contribution is 0.102. The van der Waals surface area contributed by atoms with Crippen LogP contribution in [0.2, 0.25) is 0 Å². The Balaban J connectivity index is 0.00000363. The molecule has 7 nitrogen and oxygen atoms in total. The maximum absolute atomic E-state index is 12.7. The SMILES string of the molecule is CCP(=O)(O)c1ccc(Oc2cc(OC(C)C)cc(C(=O)Nc3ncc(C)s3)c2)cc1.Cl. The van der Waals surface area contributed by atoms with Gasteiger partial charge in [-0.15, -0.1) is 23.7 Å². The molecule has 3 aromatic rings. The second-order valence-electron chi connectivity index (χ2n) is 7.20. The van der Waals surface area contributed by atoms with E-state index in [1.807, 2.05) is 20.8 Å². The number of halogens is 1. The van der Waals surface area contributed by atoms with Crippen molar-refractivity contribution in [2.75, 3.05) is 11.5 Å². The zero-order valence-electron chi connectivity index (χ0n) is 18.2. The van der Waals surface area contributed by atoms with E-state index in [1.54, 1.807) is 55.6 Å². The van der Waals surface area contributed by atoms with E-state index in [2.05, 4.69) is 10.3 Å². The molecule has 0 aliphatic heterocycles. The molecule has 0 spiro atoms. The van der Waals surface area contributed by atoms with Crippen LogP contribution in [0.15, 0.2) is 48.7 Å². The number of nitrogens with one attached hydrogen (secondary N) is 1. The fourth-order valence-corrected chi connectivity index (χ4v) is 4.39. The van der Waals surface area contributed by atoms with Crippen LogP contribution in [-0.4, -0.2) is 28.1 Å². The van der Waals surface area contributed by atoms with Crippen molar-refractivity contribution in [1.29, 1.82) is 0 Å². The van der Waals surface area contributed by atoms with Gasteiger partial charge in [-0.05, 0) is 57.2 Å². The van der Waals surface area contributed by atoms with Crippen molar-refractivity contribution in [3.63, 3.8) is 0 Å². The molecule has 0 bridgehead atoms. The van der Waals surface area contributed by atoms with Crippen LogP contribution in [0.4, 0.5) is 5.13 Å². The molecular formula is C22H26ClN2O5PS. The third kappa shape index (κ3) is 6.81. The predicted octanol–water partition coefficient (Wildman–Crippen LogP) is 5.62. The van der Waals surface area contributed by atoms with E-state index >= 15 is 0 Å². The van der Waals surface area contributed by atoms with Gasteiger partial charge >= 0.3 is 0 Å². The first-order chi connectivity index (χ1) is 14.7. The highest BCUT2D eigenvalue weighted by molar-refractivity contribution is 7.66. The lowest BCUT2D eigenvalue weighted by Gasteiger charge is -2.14. The molecular weight excluding hydrogens is 471 g/mol. The summed E-state index contributed by atoms with van der Waals surface area (Å²) >= 11 is 1.39. The number of thiazole rings is 1. The summed E-state index contributed by atoms with van der Waals surface area (Å²) in [6.45, 7) is 7.37. The van der Waals surface area contributed by atoms with Gasteiger partial charge in [-0.25, -0.2) is 4.98 Å². The second kappa shape index (κ2) is 11.0. The number of benzene rings is 2.